The Hall–Kier alpha value is -2.25. The van der Waals surface area contributed by atoms with Crippen LogP contribution in [0.3, 0.4) is 0 Å². The highest BCUT2D eigenvalue weighted by Crippen LogP contribution is 2.25. The largest absolute Gasteiger partial charge is 0.298 e. The molecule has 1 N–H and O–H groups in total. The molecule has 0 aromatic carbocycles. The third kappa shape index (κ3) is 3.15. The van der Waals surface area contributed by atoms with Crippen molar-refractivity contribution in [3.05, 3.63) is 53.8 Å². The van der Waals surface area contributed by atoms with Crippen molar-refractivity contribution >= 4 is 34.1 Å². The van der Waals surface area contributed by atoms with Crippen LogP contribution in [-0.2, 0) is 0 Å². The van der Waals surface area contributed by atoms with Crippen LogP contribution in [0, 0.1) is 0 Å². The first-order valence-corrected chi connectivity index (χ1v) is 8.54. The monoisotopic (exact) mass is 328 g/mol. The molecule has 0 radical (unpaired) electrons. The van der Waals surface area contributed by atoms with Crippen molar-refractivity contribution in [2.75, 3.05) is 11.6 Å². The van der Waals surface area contributed by atoms with Gasteiger partial charge in [0.2, 0.25) is 0 Å². The molecule has 3 heterocycles. The summed E-state index contributed by atoms with van der Waals surface area (Å²) in [6, 6.07) is 7.29. The highest BCUT2D eigenvalue weighted by Gasteiger charge is 2.14. The second kappa shape index (κ2) is 6.67. The second-order valence-corrected chi connectivity index (χ2v) is 5.95. The lowest BCUT2D eigenvalue weighted by Gasteiger charge is -2.05. The highest BCUT2D eigenvalue weighted by atomic mass is 32.2. The molecule has 0 aliphatic heterocycles. The van der Waals surface area contributed by atoms with Gasteiger partial charge in [0, 0.05) is 29.5 Å². The van der Waals surface area contributed by atoms with E-state index in [1.807, 2.05) is 23.8 Å². The maximum atomic E-state index is 12.3. The standard InChI is InChI=1S/C15H12N4OS2/c1-21-14-11(5-3-7-17-14)13(20)19-15-18-12(9-22-15)10-4-2-6-16-8-10/h2-9H,1H3,(H,18,19,20). The van der Waals surface area contributed by atoms with E-state index in [4.69, 9.17) is 0 Å². The zero-order valence-corrected chi connectivity index (χ0v) is 13.3. The molecule has 7 heteroatoms. The summed E-state index contributed by atoms with van der Waals surface area (Å²) < 4.78 is 0. The Morgan fingerprint density at radius 2 is 2.14 bits per heavy atom. The lowest BCUT2D eigenvalue weighted by atomic mass is 10.2. The maximum absolute atomic E-state index is 12.3. The van der Waals surface area contributed by atoms with Gasteiger partial charge >= 0.3 is 0 Å². The lowest BCUT2D eigenvalue weighted by molar-refractivity contribution is 0.102. The molecule has 0 aliphatic rings. The fraction of sp³-hybridized carbons (Fsp3) is 0.0667. The first-order valence-electron chi connectivity index (χ1n) is 6.44. The van der Waals surface area contributed by atoms with E-state index in [1.54, 1.807) is 30.7 Å². The molecule has 0 spiro atoms. The number of hydrogen-bond acceptors (Lipinski definition) is 6. The Balaban J connectivity index is 1.79. The van der Waals surface area contributed by atoms with Crippen molar-refractivity contribution in [2.45, 2.75) is 5.03 Å². The Labute approximate surface area is 135 Å². The fourth-order valence-corrected chi connectivity index (χ4v) is 3.13. The van der Waals surface area contributed by atoms with E-state index in [2.05, 4.69) is 20.3 Å². The summed E-state index contributed by atoms with van der Waals surface area (Å²) in [4.78, 5) is 25.0. The minimum absolute atomic E-state index is 0.204. The number of carbonyl (C=O) groups excluding carboxylic acids is 1. The fourth-order valence-electron chi connectivity index (χ4n) is 1.87. The van der Waals surface area contributed by atoms with Crippen LogP contribution in [-0.4, -0.2) is 27.1 Å². The molecule has 110 valence electrons. The average molecular weight is 328 g/mol. The van der Waals surface area contributed by atoms with Gasteiger partial charge in [-0.2, -0.15) is 0 Å². The number of hydrogen-bond donors (Lipinski definition) is 1. The summed E-state index contributed by atoms with van der Waals surface area (Å²) in [5, 5.41) is 5.97. The van der Waals surface area contributed by atoms with Gasteiger partial charge < -0.3 is 0 Å². The molecular weight excluding hydrogens is 316 g/mol. The van der Waals surface area contributed by atoms with Crippen molar-refractivity contribution in [3.63, 3.8) is 0 Å². The third-order valence-electron chi connectivity index (χ3n) is 2.89. The quantitative estimate of drug-likeness (QED) is 0.742. The molecule has 0 atom stereocenters. The van der Waals surface area contributed by atoms with Gasteiger partial charge in [-0.3, -0.25) is 15.1 Å². The van der Waals surface area contributed by atoms with E-state index in [0.717, 1.165) is 11.3 Å². The van der Waals surface area contributed by atoms with Crippen LogP contribution in [0.4, 0.5) is 5.13 Å². The average Bonchev–Trinajstić information content (AvgIpc) is 3.04. The van der Waals surface area contributed by atoms with Crippen molar-refractivity contribution in [3.8, 4) is 11.3 Å². The molecule has 5 nitrogen and oxygen atoms in total. The predicted octanol–water partition coefficient (Wildman–Crippen LogP) is 3.57. The maximum Gasteiger partial charge on any atom is 0.260 e. The number of pyridine rings is 2. The number of nitrogens with one attached hydrogen (secondary N) is 1. The number of anilines is 1. The Bertz CT molecular complexity index is 789. The molecule has 22 heavy (non-hydrogen) atoms. The third-order valence-corrected chi connectivity index (χ3v) is 4.36. The molecule has 3 rings (SSSR count). The van der Waals surface area contributed by atoms with Gasteiger partial charge in [0.05, 0.1) is 11.3 Å². The SMILES string of the molecule is CSc1ncccc1C(=O)Nc1nc(-c2cccnc2)cs1. The van der Waals surface area contributed by atoms with Crippen LogP contribution in [0.5, 0.6) is 0 Å². The smallest absolute Gasteiger partial charge is 0.260 e. The van der Waals surface area contributed by atoms with Gasteiger partial charge in [0.15, 0.2) is 5.13 Å². The Morgan fingerprint density at radius 3 is 2.91 bits per heavy atom. The van der Waals surface area contributed by atoms with Gasteiger partial charge in [0.1, 0.15) is 5.03 Å². The van der Waals surface area contributed by atoms with Crippen molar-refractivity contribution in [1.82, 2.24) is 15.0 Å². The Morgan fingerprint density at radius 1 is 1.27 bits per heavy atom. The Kier molecular flexibility index (Phi) is 4.45. The second-order valence-electron chi connectivity index (χ2n) is 4.29. The van der Waals surface area contributed by atoms with E-state index < -0.39 is 0 Å². The molecule has 0 unspecified atom stereocenters. The van der Waals surface area contributed by atoms with E-state index in [9.17, 15) is 4.79 Å². The van der Waals surface area contributed by atoms with Crippen molar-refractivity contribution < 1.29 is 4.79 Å². The molecular formula is C15H12N4OS2. The van der Waals surface area contributed by atoms with E-state index >= 15 is 0 Å². The van der Waals surface area contributed by atoms with E-state index in [-0.39, 0.29) is 5.91 Å². The molecule has 3 aromatic rings. The van der Waals surface area contributed by atoms with Crippen LogP contribution >= 0.6 is 23.1 Å². The predicted molar refractivity (Wildman–Crippen MR) is 89.3 cm³/mol. The summed E-state index contributed by atoms with van der Waals surface area (Å²) in [5.74, 6) is -0.204. The summed E-state index contributed by atoms with van der Waals surface area (Å²) in [7, 11) is 0. The first kappa shape index (κ1) is 14.7. The molecule has 3 aromatic heterocycles. The normalized spacial score (nSPS) is 10.4. The minimum atomic E-state index is -0.204. The zero-order chi connectivity index (χ0) is 15.4. The molecule has 0 saturated carbocycles. The minimum Gasteiger partial charge on any atom is -0.298 e. The highest BCUT2D eigenvalue weighted by molar-refractivity contribution is 7.98. The molecule has 0 saturated heterocycles. The summed E-state index contributed by atoms with van der Waals surface area (Å²) in [6.45, 7) is 0. The van der Waals surface area contributed by atoms with Gasteiger partial charge in [-0.15, -0.1) is 23.1 Å². The van der Waals surface area contributed by atoms with Crippen LogP contribution in [0.25, 0.3) is 11.3 Å². The van der Waals surface area contributed by atoms with Gasteiger partial charge in [-0.05, 0) is 30.5 Å². The van der Waals surface area contributed by atoms with Crippen molar-refractivity contribution in [2.24, 2.45) is 0 Å². The molecule has 0 fully saturated rings. The molecule has 1 amide bonds. The van der Waals surface area contributed by atoms with Crippen LogP contribution < -0.4 is 5.32 Å². The van der Waals surface area contributed by atoms with Gasteiger partial charge in [-0.25, -0.2) is 9.97 Å². The number of rotatable bonds is 4. The van der Waals surface area contributed by atoms with Gasteiger partial charge in [-0.1, -0.05) is 0 Å². The van der Waals surface area contributed by atoms with Crippen molar-refractivity contribution in [1.29, 1.82) is 0 Å². The van der Waals surface area contributed by atoms with Crippen LogP contribution in [0.1, 0.15) is 10.4 Å². The lowest BCUT2D eigenvalue weighted by Crippen LogP contribution is -2.13. The number of thiazole rings is 1. The first-order chi connectivity index (χ1) is 10.8. The topological polar surface area (TPSA) is 67.8 Å². The van der Waals surface area contributed by atoms with E-state index in [0.29, 0.717) is 15.7 Å². The van der Waals surface area contributed by atoms with Crippen LogP contribution in [0.2, 0.25) is 0 Å². The molecule has 0 aliphatic carbocycles. The van der Waals surface area contributed by atoms with E-state index in [1.165, 1.54) is 23.1 Å². The number of nitrogens with zero attached hydrogens (tertiary/aromatic N) is 3. The zero-order valence-electron chi connectivity index (χ0n) is 11.7. The number of amides is 1. The summed E-state index contributed by atoms with van der Waals surface area (Å²) in [5.41, 5.74) is 2.27. The molecule has 0 bridgehead atoms. The van der Waals surface area contributed by atoms with Gasteiger partial charge in [0.25, 0.3) is 5.91 Å². The number of thioether (sulfide) groups is 1. The number of carbonyl (C=O) groups is 1. The van der Waals surface area contributed by atoms with Crippen LogP contribution in [0.15, 0.2) is 53.3 Å². The number of aromatic nitrogens is 3. The summed E-state index contributed by atoms with van der Waals surface area (Å²) >= 11 is 2.82. The summed E-state index contributed by atoms with van der Waals surface area (Å²) in [6.07, 6.45) is 7.02.